The zero-order valence-corrected chi connectivity index (χ0v) is 19.3. The molecular formula is C23H21BrClN5O. The highest BCUT2D eigenvalue weighted by Crippen LogP contribution is 2.28. The summed E-state index contributed by atoms with van der Waals surface area (Å²) in [5.74, 6) is 0.945. The molecule has 6 nitrogen and oxygen atoms in total. The van der Waals surface area contributed by atoms with Gasteiger partial charge in [-0.1, -0.05) is 33.6 Å². The van der Waals surface area contributed by atoms with Gasteiger partial charge in [-0.2, -0.15) is 0 Å². The summed E-state index contributed by atoms with van der Waals surface area (Å²) in [6, 6.07) is 15.7. The molecule has 31 heavy (non-hydrogen) atoms. The van der Waals surface area contributed by atoms with E-state index in [2.05, 4.69) is 48.9 Å². The number of fused-ring (bicyclic) bond motifs is 3. The molecule has 4 aromatic rings. The molecule has 0 spiro atoms. The van der Waals surface area contributed by atoms with E-state index < -0.39 is 0 Å². The molecule has 8 heteroatoms. The second-order valence-electron chi connectivity index (χ2n) is 7.70. The summed E-state index contributed by atoms with van der Waals surface area (Å²) < 4.78 is 3.17. The van der Waals surface area contributed by atoms with Crippen molar-refractivity contribution in [3.05, 3.63) is 69.8 Å². The van der Waals surface area contributed by atoms with Gasteiger partial charge < -0.3 is 19.5 Å². The first-order valence-corrected chi connectivity index (χ1v) is 11.3. The zero-order valence-electron chi connectivity index (χ0n) is 17.0. The van der Waals surface area contributed by atoms with Crippen molar-refractivity contribution in [3.63, 3.8) is 0 Å². The van der Waals surface area contributed by atoms with Crippen LogP contribution in [0.1, 0.15) is 5.56 Å². The average molecular weight is 499 g/mol. The van der Waals surface area contributed by atoms with Crippen LogP contribution in [0.5, 0.6) is 0 Å². The Kier molecular flexibility index (Phi) is 5.24. The maximum absolute atomic E-state index is 12.7. The number of carbonyl (C=O) groups is 1. The summed E-state index contributed by atoms with van der Waals surface area (Å²) in [4.78, 5) is 21.8. The Bertz CT molecular complexity index is 1300. The van der Waals surface area contributed by atoms with Gasteiger partial charge in [0.15, 0.2) is 5.82 Å². The van der Waals surface area contributed by atoms with Gasteiger partial charge in [0.1, 0.15) is 0 Å². The minimum absolute atomic E-state index is 0.109. The smallest absolute Gasteiger partial charge is 0.321 e. The van der Waals surface area contributed by atoms with Crippen LogP contribution in [0.2, 0.25) is 5.02 Å². The molecule has 158 valence electrons. The third kappa shape index (κ3) is 3.83. The lowest BCUT2D eigenvalue weighted by Crippen LogP contribution is -2.50. The molecule has 2 aromatic heterocycles. The van der Waals surface area contributed by atoms with E-state index in [1.807, 2.05) is 42.2 Å². The van der Waals surface area contributed by atoms with Crippen LogP contribution in [0.4, 0.5) is 16.3 Å². The van der Waals surface area contributed by atoms with Gasteiger partial charge in [0, 0.05) is 47.6 Å². The number of hydrogen-bond donors (Lipinski definition) is 1. The molecule has 2 aromatic carbocycles. The van der Waals surface area contributed by atoms with E-state index in [-0.39, 0.29) is 6.03 Å². The minimum atomic E-state index is -0.109. The maximum atomic E-state index is 12.7. The zero-order chi connectivity index (χ0) is 21.5. The van der Waals surface area contributed by atoms with Crippen molar-refractivity contribution in [1.29, 1.82) is 0 Å². The van der Waals surface area contributed by atoms with Crippen LogP contribution in [-0.2, 0) is 0 Å². The summed E-state index contributed by atoms with van der Waals surface area (Å²) in [6.45, 7) is 4.62. The van der Waals surface area contributed by atoms with Crippen molar-refractivity contribution >= 4 is 61.6 Å². The summed E-state index contributed by atoms with van der Waals surface area (Å²) in [5, 5.41) is 3.60. The normalized spacial score (nSPS) is 14.4. The number of anilines is 2. The van der Waals surface area contributed by atoms with Crippen LogP contribution < -0.4 is 10.2 Å². The molecule has 1 N–H and O–H groups in total. The SMILES string of the molecule is Cc1ccc(NC(=O)N2CCN(c3nc4cc(Br)ccc4n4cccc34)CC2)cc1Cl. The van der Waals surface area contributed by atoms with Gasteiger partial charge in [0.25, 0.3) is 0 Å². The van der Waals surface area contributed by atoms with Crippen molar-refractivity contribution in [2.45, 2.75) is 6.92 Å². The highest BCUT2D eigenvalue weighted by atomic mass is 79.9. The Balaban J connectivity index is 1.34. The summed E-state index contributed by atoms with van der Waals surface area (Å²) in [5.41, 5.74) is 4.77. The van der Waals surface area contributed by atoms with Gasteiger partial charge in [-0.3, -0.25) is 0 Å². The predicted molar refractivity (Wildman–Crippen MR) is 129 cm³/mol. The summed E-state index contributed by atoms with van der Waals surface area (Å²) in [7, 11) is 0. The number of rotatable bonds is 2. The highest BCUT2D eigenvalue weighted by Gasteiger charge is 2.24. The van der Waals surface area contributed by atoms with Crippen molar-refractivity contribution < 1.29 is 4.79 Å². The predicted octanol–water partition coefficient (Wildman–Crippen LogP) is 5.57. The van der Waals surface area contributed by atoms with E-state index in [4.69, 9.17) is 16.6 Å². The summed E-state index contributed by atoms with van der Waals surface area (Å²) >= 11 is 9.72. The van der Waals surface area contributed by atoms with Gasteiger partial charge >= 0.3 is 6.03 Å². The Morgan fingerprint density at radius 1 is 1.06 bits per heavy atom. The first kappa shape index (κ1) is 20.2. The number of piperazine rings is 1. The Morgan fingerprint density at radius 2 is 1.87 bits per heavy atom. The largest absolute Gasteiger partial charge is 0.351 e. The number of carbonyl (C=O) groups excluding carboxylic acids is 1. The number of halogens is 2. The highest BCUT2D eigenvalue weighted by molar-refractivity contribution is 9.10. The quantitative estimate of drug-likeness (QED) is 0.393. The van der Waals surface area contributed by atoms with Gasteiger partial charge in [0.05, 0.1) is 16.6 Å². The van der Waals surface area contributed by atoms with Gasteiger partial charge in [-0.05, 0) is 55.0 Å². The number of benzene rings is 2. The molecule has 1 saturated heterocycles. The monoisotopic (exact) mass is 497 g/mol. The lowest BCUT2D eigenvalue weighted by Gasteiger charge is -2.35. The van der Waals surface area contributed by atoms with Crippen LogP contribution in [0.3, 0.4) is 0 Å². The number of amides is 2. The Labute approximate surface area is 193 Å². The first-order chi connectivity index (χ1) is 15.0. The number of aryl methyl sites for hydroxylation is 1. The fraction of sp³-hybridized carbons (Fsp3) is 0.217. The van der Waals surface area contributed by atoms with Gasteiger partial charge in [-0.15, -0.1) is 0 Å². The third-order valence-electron chi connectivity index (χ3n) is 5.69. The topological polar surface area (TPSA) is 52.9 Å². The van der Waals surface area contributed by atoms with Gasteiger partial charge in [-0.25, -0.2) is 9.78 Å². The molecule has 0 aliphatic carbocycles. The maximum Gasteiger partial charge on any atom is 0.321 e. The van der Waals surface area contributed by atoms with Crippen molar-refractivity contribution in [3.8, 4) is 0 Å². The van der Waals surface area contributed by atoms with Crippen LogP contribution in [-0.4, -0.2) is 46.5 Å². The molecule has 0 saturated carbocycles. The number of nitrogens with one attached hydrogen (secondary N) is 1. The molecule has 1 aliphatic heterocycles. The fourth-order valence-corrected chi connectivity index (χ4v) is 4.49. The number of urea groups is 1. The third-order valence-corrected chi connectivity index (χ3v) is 6.59. The molecule has 0 atom stereocenters. The molecule has 1 aliphatic rings. The van der Waals surface area contributed by atoms with E-state index in [9.17, 15) is 4.79 Å². The summed E-state index contributed by atoms with van der Waals surface area (Å²) in [6.07, 6.45) is 2.06. The van der Waals surface area contributed by atoms with Crippen molar-refractivity contribution in [2.75, 3.05) is 36.4 Å². The molecule has 1 fully saturated rings. The second kappa shape index (κ2) is 8.05. The lowest BCUT2D eigenvalue weighted by molar-refractivity contribution is 0.208. The molecular weight excluding hydrogens is 478 g/mol. The average Bonchev–Trinajstić information content (AvgIpc) is 3.26. The number of nitrogens with zero attached hydrogens (tertiary/aromatic N) is 4. The van der Waals surface area contributed by atoms with Crippen molar-refractivity contribution in [1.82, 2.24) is 14.3 Å². The van der Waals surface area contributed by atoms with Crippen molar-refractivity contribution in [2.24, 2.45) is 0 Å². The second-order valence-corrected chi connectivity index (χ2v) is 9.02. The molecule has 2 amide bonds. The van der Waals surface area contributed by atoms with E-state index >= 15 is 0 Å². The fourth-order valence-electron chi connectivity index (χ4n) is 3.96. The minimum Gasteiger partial charge on any atom is -0.351 e. The molecule has 3 heterocycles. The standard InChI is InChI=1S/C23H21BrClN5O/c1-15-4-6-17(14-18(15)25)26-23(31)29-11-9-28(10-12-29)22-21-3-2-8-30(21)20-7-5-16(24)13-19(20)27-22/h2-8,13-14H,9-12H2,1H3,(H,26,31). The van der Waals surface area contributed by atoms with Crippen LogP contribution in [0.25, 0.3) is 16.6 Å². The van der Waals surface area contributed by atoms with E-state index in [0.29, 0.717) is 23.8 Å². The van der Waals surface area contributed by atoms with Crippen LogP contribution >= 0.6 is 27.5 Å². The van der Waals surface area contributed by atoms with E-state index in [1.54, 1.807) is 6.07 Å². The van der Waals surface area contributed by atoms with Gasteiger partial charge in [0.2, 0.25) is 0 Å². The molecule has 0 unspecified atom stereocenters. The van der Waals surface area contributed by atoms with Crippen LogP contribution in [0.15, 0.2) is 59.2 Å². The Morgan fingerprint density at radius 3 is 2.65 bits per heavy atom. The Hall–Kier alpha value is -2.77. The van der Waals surface area contributed by atoms with Crippen LogP contribution in [0, 0.1) is 6.92 Å². The molecule has 0 bridgehead atoms. The number of hydrogen-bond acceptors (Lipinski definition) is 3. The first-order valence-electron chi connectivity index (χ1n) is 10.1. The van der Waals surface area contributed by atoms with E-state index in [0.717, 1.165) is 45.5 Å². The molecule has 0 radical (unpaired) electrons. The van der Waals surface area contributed by atoms with E-state index in [1.165, 1.54) is 0 Å². The lowest BCUT2D eigenvalue weighted by atomic mass is 10.2. The number of aromatic nitrogens is 2. The molecule has 5 rings (SSSR count).